The molecule has 2 aromatic rings. The van der Waals surface area contributed by atoms with Crippen LogP contribution in [0.2, 0.25) is 0 Å². The molecule has 1 heterocycles. The lowest BCUT2D eigenvalue weighted by Crippen LogP contribution is -2.03. The Hall–Kier alpha value is -2.90. The molecule has 0 fully saturated rings. The number of methoxy groups -OCH3 is 2. The second-order valence-electron chi connectivity index (χ2n) is 4.18. The van der Waals surface area contributed by atoms with Gasteiger partial charge in [-0.2, -0.15) is 0 Å². The Morgan fingerprint density at radius 2 is 2.05 bits per heavy atom. The predicted molar refractivity (Wildman–Crippen MR) is 73.3 cm³/mol. The zero-order chi connectivity index (χ0) is 15.6. The molecule has 0 atom stereocenters. The van der Waals surface area contributed by atoms with Crippen LogP contribution in [0, 0.1) is 10.1 Å². The molecule has 1 aromatic heterocycles. The number of ketones is 1. The van der Waals surface area contributed by atoms with E-state index in [0.29, 0.717) is 22.7 Å². The molecule has 110 valence electrons. The van der Waals surface area contributed by atoms with Gasteiger partial charge in [0.25, 0.3) is 0 Å². The van der Waals surface area contributed by atoms with Gasteiger partial charge in [0.15, 0.2) is 17.3 Å². The van der Waals surface area contributed by atoms with Gasteiger partial charge in [-0.15, -0.1) is 0 Å². The lowest BCUT2D eigenvalue weighted by atomic mass is 10.1. The molecule has 0 aliphatic carbocycles. The molecule has 0 radical (unpaired) electrons. The molecule has 0 bridgehead atoms. The second kappa shape index (κ2) is 5.61. The summed E-state index contributed by atoms with van der Waals surface area (Å²) >= 11 is 0. The van der Waals surface area contributed by atoms with Crippen molar-refractivity contribution in [2.45, 2.75) is 6.92 Å². The number of benzene rings is 1. The molecule has 0 saturated carbocycles. The number of nitro groups is 1. The molecule has 21 heavy (non-hydrogen) atoms. The van der Waals surface area contributed by atoms with E-state index in [1.54, 1.807) is 12.1 Å². The first kappa shape index (κ1) is 14.5. The normalized spacial score (nSPS) is 10.2. The van der Waals surface area contributed by atoms with E-state index >= 15 is 0 Å². The maximum Gasteiger partial charge on any atom is 0.381 e. The number of hydrogen-bond donors (Lipinski definition) is 0. The molecule has 8 heteroatoms. The summed E-state index contributed by atoms with van der Waals surface area (Å²) in [6.45, 7) is 1.40. The van der Waals surface area contributed by atoms with E-state index in [1.165, 1.54) is 38.2 Å². The average molecular weight is 291 g/mol. The number of Topliss-reactive ketones (excluding diaryl/α,β-unsaturated/α-hetero) is 1. The lowest BCUT2D eigenvalue weighted by molar-refractivity contribution is -0.389. The van der Waals surface area contributed by atoms with Crippen LogP contribution in [0.15, 0.2) is 24.7 Å². The molecule has 2 rings (SSSR count). The highest BCUT2D eigenvalue weighted by Crippen LogP contribution is 2.34. The van der Waals surface area contributed by atoms with Crippen LogP contribution >= 0.6 is 0 Å². The smallest absolute Gasteiger partial charge is 0.381 e. The minimum Gasteiger partial charge on any atom is -0.493 e. The van der Waals surface area contributed by atoms with Crippen molar-refractivity contribution in [2.24, 2.45) is 0 Å². The van der Waals surface area contributed by atoms with Crippen LogP contribution in [-0.4, -0.2) is 34.5 Å². The van der Waals surface area contributed by atoms with E-state index in [-0.39, 0.29) is 11.6 Å². The first-order valence-corrected chi connectivity index (χ1v) is 5.93. The Balaban J connectivity index is 2.60. The highest BCUT2D eigenvalue weighted by atomic mass is 16.6. The van der Waals surface area contributed by atoms with Crippen LogP contribution in [0.5, 0.6) is 11.5 Å². The van der Waals surface area contributed by atoms with E-state index < -0.39 is 4.92 Å². The van der Waals surface area contributed by atoms with Gasteiger partial charge >= 0.3 is 5.82 Å². The molecular weight excluding hydrogens is 278 g/mol. The van der Waals surface area contributed by atoms with Crippen LogP contribution in [0.4, 0.5) is 5.82 Å². The Morgan fingerprint density at radius 3 is 2.52 bits per heavy atom. The maximum atomic E-state index is 11.7. The van der Waals surface area contributed by atoms with Crippen molar-refractivity contribution >= 4 is 11.6 Å². The summed E-state index contributed by atoms with van der Waals surface area (Å²) in [6.07, 6.45) is 2.55. The topological polar surface area (TPSA) is 96.5 Å². The summed E-state index contributed by atoms with van der Waals surface area (Å²) in [6, 6.07) is 3.17. The summed E-state index contributed by atoms with van der Waals surface area (Å²) in [7, 11) is 2.88. The molecule has 8 nitrogen and oxygen atoms in total. The summed E-state index contributed by atoms with van der Waals surface area (Å²) in [5, 5.41) is 10.7. The van der Waals surface area contributed by atoms with Crippen LogP contribution in [0.25, 0.3) is 5.69 Å². The summed E-state index contributed by atoms with van der Waals surface area (Å²) in [5.41, 5.74) is 0.835. The number of carbonyl (C=O) groups is 1. The van der Waals surface area contributed by atoms with Crippen LogP contribution in [-0.2, 0) is 0 Å². The van der Waals surface area contributed by atoms with Crippen LogP contribution in [0.1, 0.15) is 17.3 Å². The first-order valence-electron chi connectivity index (χ1n) is 5.93. The highest BCUT2D eigenvalue weighted by Gasteiger charge is 2.18. The fourth-order valence-electron chi connectivity index (χ4n) is 1.91. The number of ether oxygens (including phenoxy) is 2. The summed E-state index contributed by atoms with van der Waals surface area (Å²) in [5.74, 6) is 0.190. The van der Waals surface area contributed by atoms with E-state index in [9.17, 15) is 14.9 Å². The zero-order valence-corrected chi connectivity index (χ0v) is 11.7. The minimum atomic E-state index is -0.594. The highest BCUT2D eigenvalue weighted by molar-refractivity contribution is 5.98. The molecular formula is C13H13N3O5. The standard InChI is InChI=1S/C13H13N3O5/c1-8(17)10-4-9(5-11(20-2)13(10)21-3)15-6-12(14-7-15)16(18)19/h4-7H,1-3H3. The molecule has 0 unspecified atom stereocenters. The van der Waals surface area contributed by atoms with Gasteiger partial charge in [-0.3, -0.25) is 9.36 Å². The molecule has 0 spiro atoms. The Kier molecular flexibility index (Phi) is 3.88. The van der Waals surface area contributed by atoms with E-state index in [4.69, 9.17) is 9.47 Å². The van der Waals surface area contributed by atoms with Crippen molar-refractivity contribution in [2.75, 3.05) is 14.2 Å². The molecule has 0 aliphatic heterocycles. The first-order chi connectivity index (χ1) is 9.97. The Morgan fingerprint density at radius 1 is 1.33 bits per heavy atom. The van der Waals surface area contributed by atoms with Gasteiger partial charge in [0, 0.05) is 6.07 Å². The van der Waals surface area contributed by atoms with E-state index in [1.807, 2.05) is 0 Å². The fourth-order valence-corrected chi connectivity index (χ4v) is 1.91. The van der Waals surface area contributed by atoms with Crippen molar-refractivity contribution in [1.29, 1.82) is 0 Å². The van der Waals surface area contributed by atoms with Gasteiger partial charge in [0.1, 0.15) is 6.20 Å². The van der Waals surface area contributed by atoms with Crippen LogP contribution in [0.3, 0.4) is 0 Å². The number of rotatable bonds is 5. The van der Waals surface area contributed by atoms with E-state index in [2.05, 4.69) is 4.98 Å². The zero-order valence-electron chi connectivity index (χ0n) is 11.7. The predicted octanol–water partition coefficient (Wildman–Crippen LogP) is 2.00. The van der Waals surface area contributed by atoms with Crippen molar-refractivity contribution < 1.29 is 19.2 Å². The number of aromatic nitrogens is 2. The molecule has 0 N–H and O–H groups in total. The third-order valence-electron chi connectivity index (χ3n) is 2.90. The second-order valence-corrected chi connectivity index (χ2v) is 4.18. The number of carbonyl (C=O) groups excluding carboxylic acids is 1. The lowest BCUT2D eigenvalue weighted by Gasteiger charge is -2.13. The van der Waals surface area contributed by atoms with Crippen LogP contribution < -0.4 is 9.47 Å². The van der Waals surface area contributed by atoms with Gasteiger partial charge < -0.3 is 19.6 Å². The maximum absolute atomic E-state index is 11.7. The monoisotopic (exact) mass is 291 g/mol. The summed E-state index contributed by atoms with van der Waals surface area (Å²) < 4.78 is 11.8. The molecule has 0 amide bonds. The Labute approximate surface area is 120 Å². The van der Waals surface area contributed by atoms with Crippen molar-refractivity contribution in [1.82, 2.24) is 9.55 Å². The molecule has 0 aliphatic rings. The Bertz CT molecular complexity index is 708. The van der Waals surface area contributed by atoms with Gasteiger partial charge in [-0.05, 0) is 22.9 Å². The number of imidazole rings is 1. The van der Waals surface area contributed by atoms with Gasteiger partial charge in [0.2, 0.25) is 6.33 Å². The third-order valence-corrected chi connectivity index (χ3v) is 2.90. The average Bonchev–Trinajstić information content (AvgIpc) is 2.95. The van der Waals surface area contributed by atoms with Crippen molar-refractivity contribution in [3.05, 3.63) is 40.3 Å². The van der Waals surface area contributed by atoms with Gasteiger partial charge in [-0.25, -0.2) is 0 Å². The minimum absolute atomic E-state index is 0.207. The third kappa shape index (κ3) is 2.69. The van der Waals surface area contributed by atoms with Gasteiger partial charge in [0.05, 0.1) is 25.5 Å². The van der Waals surface area contributed by atoms with Crippen molar-refractivity contribution in [3.63, 3.8) is 0 Å². The molecule has 1 aromatic carbocycles. The SMILES string of the molecule is COc1cc(-n2cnc([N+](=O)[O-])c2)cc(C(C)=O)c1OC. The van der Waals surface area contributed by atoms with E-state index in [0.717, 1.165) is 0 Å². The fraction of sp³-hybridized carbons (Fsp3) is 0.231. The quantitative estimate of drug-likeness (QED) is 0.475. The largest absolute Gasteiger partial charge is 0.493 e. The summed E-state index contributed by atoms with van der Waals surface area (Å²) in [4.78, 5) is 25.5. The number of hydrogen-bond acceptors (Lipinski definition) is 6. The van der Waals surface area contributed by atoms with Gasteiger partial charge in [-0.1, -0.05) is 0 Å². The molecule has 0 saturated heterocycles. The van der Waals surface area contributed by atoms with Crippen molar-refractivity contribution in [3.8, 4) is 17.2 Å². The number of nitrogens with zero attached hydrogens (tertiary/aromatic N) is 3.